The number of aliphatic imine (C=N–C) groups is 1. The molecule has 1 aliphatic heterocycles. The fraction of sp³-hybridized carbons (Fsp3) is 0.944. The van der Waals surface area contributed by atoms with E-state index >= 15 is 0 Å². The minimum atomic E-state index is -3.04. The number of hydrogen-bond acceptors (Lipinski definition) is 3. The highest BCUT2D eigenvalue weighted by Crippen LogP contribution is 2.27. The first-order valence-corrected chi connectivity index (χ1v) is 11.7. The predicted octanol–water partition coefficient (Wildman–Crippen LogP) is 2.18. The second kappa shape index (κ2) is 9.76. The van der Waals surface area contributed by atoms with Gasteiger partial charge in [0.05, 0.1) is 6.26 Å². The van der Waals surface area contributed by atoms with Gasteiger partial charge in [-0.25, -0.2) is 12.7 Å². The third kappa shape index (κ3) is 6.77. The molecule has 0 unspecified atom stereocenters. The summed E-state index contributed by atoms with van der Waals surface area (Å²) in [5.74, 6) is 2.32. The average molecular weight is 373 g/mol. The second-order valence-electron chi connectivity index (χ2n) is 7.71. The molecule has 0 aromatic rings. The highest BCUT2D eigenvalue weighted by Gasteiger charge is 2.25. The van der Waals surface area contributed by atoms with E-state index in [-0.39, 0.29) is 0 Å². The van der Waals surface area contributed by atoms with Gasteiger partial charge in [-0.15, -0.1) is 0 Å². The molecule has 0 bridgehead atoms. The summed E-state index contributed by atoms with van der Waals surface area (Å²) in [4.78, 5) is 4.36. The van der Waals surface area contributed by atoms with Crippen molar-refractivity contribution < 1.29 is 8.42 Å². The van der Waals surface area contributed by atoms with Crippen molar-refractivity contribution in [3.05, 3.63) is 0 Å². The Morgan fingerprint density at radius 3 is 2.24 bits per heavy atom. The largest absolute Gasteiger partial charge is 0.356 e. The number of sulfonamides is 1. The monoisotopic (exact) mass is 372 g/mol. The van der Waals surface area contributed by atoms with Crippen LogP contribution in [0.5, 0.6) is 0 Å². The standard InChI is InChI=1S/C18H36N4O2S/c1-4-5-15-6-8-17(9-7-15)21-18(19-2)20-14-16-10-12-22(13-11-16)25(3,23)24/h15-17H,4-14H2,1-3H3,(H2,19,20,21). The molecule has 1 aliphatic carbocycles. The summed E-state index contributed by atoms with van der Waals surface area (Å²) in [5.41, 5.74) is 0. The maximum Gasteiger partial charge on any atom is 0.211 e. The Morgan fingerprint density at radius 2 is 1.72 bits per heavy atom. The number of piperidine rings is 1. The van der Waals surface area contributed by atoms with Crippen LogP contribution in [0.3, 0.4) is 0 Å². The van der Waals surface area contributed by atoms with Crippen molar-refractivity contribution in [2.45, 2.75) is 64.3 Å². The molecular weight excluding hydrogens is 336 g/mol. The summed E-state index contributed by atoms with van der Waals surface area (Å²) in [6, 6.07) is 0.534. The lowest BCUT2D eigenvalue weighted by atomic mass is 9.83. The van der Waals surface area contributed by atoms with Gasteiger partial charge in [-0.2, -0.15) is 0 Å². The molecule has 0 aromatic carbocycles. The number of hydrogen-bond donors (Lipinski definition) is 2. The van der Waals surface area contributed by atoms with Gasteiger partial charge >= 0.3 is 0 Å². The zero-order valence-electron chi connectivity index (χ0n) is 16.1. The quantitative estimate of drug-likeness (QED) is 0.554. The zero-order chi connectivity index (χ0) is 18.3. The van der Waals surface area contributed by atoms with Gasteiger partial charge in [0.25, 0.3) is 0 Å². The Bertz CT molecular complexity index is 519. The molecule has 1 heterocycles. The molecule has 0 amide bonds. The van der Waals surface area contributed by atoms with Crippen LogP contribution < -0.4 is 10.6 Å². The van der Waals surface area contributed by atoms with Gasteiger partial charge in [-0.3, -0.25) is 4.99 Å². The third-order valence-electron chi connectivity index (χ3n) is 5.71. The number of guanidine groups is 1. The minimum absolute atomic E-state index is 0.511. The van der Waals surface area contributed by atoms with Crippen molar-refractivity contribution in [3.63, 3.8) is 0 Å². The summed E-state index contributed by atoms with van der Waals surface area (Å²) in [6.45, 7) is 4.41. The Morgan fingerprint density at radius 1 is 1.08 bits per heavy atom. The van der Waals surface area contributed by atoms with Gasteiger partial charge in [-0.1, -0.05) is 19.8 Å². The highest BCUT2D eigenvalue weighted by atomic mass is 32.2. The van der Waals surface area contributed by atoms with E-state index in [2.05, 4.69) is 22.5 Å². The topological polar surface area (TPSA) is 73.8 Å². The molecule has 0 aromatic heterocycles. The molecule has 7 heteroatoms. The van der Waals surface area contributed by atoms with E-state index in [0.717, 1.165) is 31.3 Å². The molecule has 0 atom stereocenters. The lowest BCUT2D eigenvalue weighted by Gasteiger charge is -2.32. The lowest BCUT2D eigenvalue weighted by molar-refractivity contribution is 0.273. The Hall–Kier alpha value is -0.820. The van der Waals surface area contributed by atoms with Gasteiger partial charge in [0.2, 0.25) is 10.0 Å². The predicted molar refractivity (Wildman–Crippen MR) is 104 cm³/mol. The Kier molecular flexibility index (Phi) is 8.00. The Balaban J connectivity index is 1.68. The minimum Gasteiger partial charge on any atom is -0.356 e. The molecular formula is C18H36N4O2S. The van der Waals surface area contributed by atoms with Gasteiger partial charge in [0.15, 0.2) is 5.96 Å². The van der Waals surface area contributed by atoms with Gasteiger partial charge in [0.1, 0.15) is 0 Å². The van der Waals surface area contributed by atoms with Crippen LogP contribution in [0.15, 0.2) is 4.99 Å². The molecule has 0 spiro atoms. The maximum absolute atomic E-state index is 11.6. The summed E-state index contributed by atoms with van der Waals surface area (Å²) in [5, 5.41) is 7.02. The molecule has 25 heavy (non-hydrogen) atoms. The van der Waals surface area contributed by atoms with Crippen molar-refractivity contribution in [2.24, 2.45) is 16.8 Å². The lowest BCUT2D eigenvalue weighted by Crippen LogP contribution is -2.47. The molecule has 6 nitrogen and oxygen atoms in total. The molecule has 1 saturated carbocycles. The number of nitrogens with zero attached hydrogens (tertiary/aromatic N) is 2. The molecule has 1 saturated heterocycles. The van der Waals surface area contributed by atoms with E-state index < -0.39 is 10.0 Å². The van der Waals surface area contributed by atoms with E-state index in [1.807, 2.05) is 7.05 Å². The third-order valence-corrected chi connectivity index (χ3v) is 7.01. The molecule has 2 N–H and O–H groups in total. The summed E-state index contributed by atoms with van der Waals surface area (Å²) in [6.07, 6.45) is 10.9. The van der Waals surface area contributed by atoms with Crippen molar-refractivity contribution in [3.8, 4) is 0 Å². The van der Waals surface area contributed by atoms with E-state index in [9.17, 15) is 8.42 Å². The fourth-order valence-electron chi connectivity index (χ4n) is 4.08. The van der Waals surface area contributed by atoms with Crippen LogP contribution in [0.25, 0.3) is 0 Å². The van der Waals surface area contributed by atoms with E-state index in [0.29, 0.717) is 25.0 Å². The van der Waals surface area contributed by atoms with Gasteiger partial charge in [0, 0.05) is 32.7 Å². The van der Waals surface area contributed by atoms with Crippen LogP contribution in [-0.4, -0.2) is 57.7 Å². The molecule has 2 aliphatic rings. The van der Waals surface area contributed by atoms with Crippen LogP contribution in [0, 0.1) is 11.8 Å². The second-order valence-corrected chi connectivity index (χ2v) is 9.69. The van der Waals surface area contributed by atoms with Gasteiger partial charge in [-0.05, 0) is 50.4 Å². The van der Waals surface area contributed by atoms with Crippen LogP contribution >= 0.6 is 0 Å². The first-order valence-electron chi connectivity index (χ1n) is 9.84. The normalized spacial score (nSPS) is 27.2. The zero-order valence-corrected chi connectivity index (χ0v) is 16.9. The molecule has 2 fully saturated rings. The van der Waals surface area contributed by atoms with Crippen LogP contribution in [0.2, 0.25) is 0 Å². The van der Waals surface area contributed by atoms with Crippen molar-refractivity contribution in [1.29, 1.82) is 0 Å². The highest BCUT2D eigenvalue weighted by molar-refractivity contribution is 7.88. The van der Waals surface area contributed by atoms with E-state index in [1.165, 1.54) is 44.8 Å². The first-order chi connectivity index (χ1) is 11.9. The summed E-state index contributed by atoms with van der Waals surface area (Å²) < 4.78 is 24.7. The van der Waals surface area contributed by atoms with Crippen molar-refractivity contribution in [1.82, 2.24) is 14.9 Å². The van der Waals surface area contributed by atoms with E-state index in [4.69, 9.17) is 0 Å². The number of nitrogens with one attached hydrogen (secondary N) is 2. The van der Waals surface area contributed by atoms with Crippen LogP contribution in [0.1, 0.15) is 58.3 Å². The molecule has 146 valence electrons. The number of rotatable bonds is 6. The van der Waals surface area contributed by atoms with Crippen LogP contribution in [-0.2, 0) is 10.0 Å². The molecule has 0 radical (unpaired) electrons. The Labute approximate surface area is 153 Å². The maximum atomic E-state index is 11.6. The average Bonchev–Trinajstić information content (AvgIpc) is 2.60. The summed E-state index contributed by atoms with van der Waals surface area (Å²) >= 11 is 0. The van der Waals surface area contributed by atoms with E-state index in [1.54, 1.807) is 4.31 Å². The SMILES string of the molecule is CCCC1CCC(NC(=NC)NCC2CCN(S(C)(=O)=O)CC2)CC1. The fourth-order valence-corrected chi connectivity index (χ4v) is 4.95. The first kappa shape index (κ1) is 20.5. The van der Waals surface area contributed by atoms with Crippen molar-refractivity contribution >= 4 is 16.0 Å². The smallest absolute Gasteiger partial charge is 0.211 e. The van der Waals surface area contributed by atoms with Gasteiger partial charge < -0.3 is 10.6 Å². The molecule has 2 rings (SSSR count). The summed E-state index contributed by atoms with van der Waals surface area (Å²) in [7, 11) is -1.21. The van der Waals surface area contributed by atoms with Crippen LogP contribution in [0.4, 0.5) is 0 Å². The van der Waals surface area contributed by atoms with Crippen molar-refractivity contribution in [2.75, 3.05) is 32.9 Å².